The van der Waals surface area contributed by atoms with Gasteiger partial charge in [0.2, 0.25) is 11.8 Å². The fraction of sp³-hybridized carbons (Fsp3) is 0.500. The number of hydrogen-bond acceptors (Lipinski definition) is 13. The standard InChI is InChI=1S/C52H67N11O5/c1-6-35-12-14-36(15-13-35)32-55-50(67)45-30-40(64)34-63(45)51(68)47(52(3,4)5)56-49(66)42-17-16-39(33-54-42)60-24-20-37(21-25-60)59-22-18-38(19-23-59)61-26-28-62(29-27-61)44-31-43(57-58-48(44)53-7-2)41-10-8-9-11-46(41)65/h1,8-17,31,33,37-38,40,45,47,64-65H,7,18-30,32,34H2,2-5H3,(H,53,58)(H,55,67)(H,56,66)/t40-,45+,47-/m1/s1. The first kappa shape index (κ1) is 48.2. The summed E-state index contributed by atoms with van der Waals surface area (Å²) in [6, 6.07) is 19.5. The van der Waals surface area contributed by atoms with Gasteiger partial charge in [0.25, 0.3) is 5.91 Å². The second-order valence-electron chi connectivity index (χ2n) is 19.6. The van der Waals surface area contributed by atoms with Crippen molar-refractivity contribution in [3.05, 3.63) is 89.7 Å². The van der Waals surface area contributed by atoms with E-state index in [1.54, 1.807) is 30.5 Å². The highest BCUT2D eigenvalue weighted by Crippen LogP contribution is 2.34. The topological polar surface area (TPSA) is 183 Å². The number of aromatic nitrogens is 3. The van der Waals surface area contributed by atoms with Crippen LogP contribution in [0.25, 0.3) is 11.3 Å². The first-order valence-corrected chi connectivity index (χ1v) is 24.3. The van der Waals surface area contributed by atoms with Gasteiger partial charge in [0, 0.05) is 88.5 Å². The fourth-order valence-electron chi connectivity index (χ4n) is 10.2. The van der Waals surface area contributed by atoms with Crippen molar-refractivity contribution in [3.63, 3.8) is 0 Å². The number of aliphatic hydroxyl groups excluding tert-OH is 1. The first-order chi connectivity index (χ1) is 32.8. The van der Waals surface area contributed by atoms with Gasteiger partial charge in [0.05, 0.1) is 29.4 Å². The largest absolute Gasteiger partial charge is 0.507 e. The van der Waals surface area contributed by atoms with Crippen molar-refractivity contribution in [1.82, 2.24) is 40.5 Å². The first-order valence-electron chi connectivity index (χ1n) is 24.3. The molecule has 0 aliphatic carbocycles. The van der Waals surface area contributed by atoms with Crippen LogP contribution in [0.3, 0.4) is 0 Å². The lowest BCUT2D eigenvalue weighted by Gasteiger charge is -2.46. The smallest absolute Gasteiger partial charge is 0.270 e. The number of phenolic OH excluding ortho intramolecular Hbond substituents is 1. The van der Waals surface area contributed by atoms with Gasteiger partial charge in [-0.2, -0.15) is 0 Å². The molecule has 4 saturated heterocycles. The molecule has 2 aromatic carbocycles. The SMILES string of the molecule is C#Cc1ccc(CNC(=O)[C@@H]2C[C@@H](O)CN2C(=O)[C@@H](NC(=O)c2ccc(N3CCC(N4CCC(N5CCN(c6cc(-c7ccccc7O)nnc6NCC)CC5)CC4)CC3)cn2)C(C)(C)C)cc1. The lowest BCUT2D eigenvalue weighted by molar-refractivity contribution is -0.142. The number of benzene rings is 2. The molecule has 5 N–H and O–H groups in total. The number of β-amino-alcohol motifs (C(OH)–C–C–N with tert-alkyl or cyclic N) is 1. The molecule has 4 aromatic rings. The molecule has 4 fully saturated rings. The Bertz CT molecular complexity index is 2410. The minimum atomic E-state index is -0.971. The molecule has 8 rings (SSSR count). The van der Waals surface area contributed by atoms with Crippen LogP contribution in [-0.2, 0) is 16.1 Å². The number of para-hydroxylation sites is 1. The average molecular weight is 926 g/mol. The highest BCUT2D eigenvalue weighted by Gasteiger charge is 2.45. The summed E-state index contributed by atoms with van der Waals surface area (Å²) < 4.78 is 0. The number of likely N-dealkylation sites (tertiary alicyclic amines) is 2. The van der Waals surface area contributed by atoms with Crippen molar-refractivity contribution in [3.8, 4) is 29.4 Å². The number of piperidine rings is 2. The summed E-state index contributed by atoms with van der Waals surface area (Å²) in [5.74, 6) is 2.27. The van der Waals surface area contributed by atoms with E-state index in [0.717, 1.165) is 113 Å². The highest BCUT2D eigenvalue weighted by molar-refractivity contribution is 5.98. The highest BCUT2D eigenvalue weighted by atomic mass is 16.3. The molecule has 0 unspecified atom stereocenters. The normalized spacial score (nSPS) is 20.4. The van der Waals surface area contributed by atoms with Gasteiger partial charge in [-0.1, -0.05) is 51.0 Å². The Hall–Kier alpha value is -6.28. The molecule has 16 nitrogen and oxygen atoms in total. The molecule has 3 amide bonds. The molecule has 0 saturated carbocycles. The number of aliphatic hydroxyl groups is 1. The van der Waals surface area contributed by atoms with Gasteiger partial charge < -0.3 is 45.8 Å². The van der Waals surface area contributed by atoms with Gasteiger partial charge >= 0.3 is 0 Å². The number of amides is 3. The lowest BCUT2D eigenvalue weighted by atomic mass is 9.85. The second-order valence-corrected chi connectivity index (χ2v) is 19.6. The quantitative estimate of drug-likeness (QED) is 0.120. The number of carbonyl (C=O) groups is 3. The Balaban J connectivity index is 0.793. The van der Waals surface area contributed by atoms with E-state index in [9.17, 15) is 24.6 Å². The maximum Gasteiger partial charge on any atom is 0.270 e. The van der Waals surface area contributed by atoms with Gasteiger partial charge in [-0.05, 0) is 99.1 Å². The van der Waals surface area contributed by atoms with E-state index in [0.29, 0.717) is 23.3 Å². The van der Waals surface area contributed by atoms with Crippen molar-refractivity contribution >= 4 is 34.9 Å². The number of rotatable bonds is 13. The van der Waals surface area contributed by atoms with Crippen LogP contribution in [0.4, 0.5) is 17.2 Å². The number of phenols is 1. The van der Waals surface area contributed by atoms with E-state index >= 15 is 0 Å². The summed E-state index contributed by atoms with van der Waals surface area (Å²) in [5.41, 5.74) is 4.42. The van der Waals surface area contributed by atoms with Crippen LogP contribution in [0, 0.1) is 17.8 Å². The van der Waals surface area contributed by atoms with Crippen molar-refractivity contribution < 1.29 is 24.6 Å². The van der Waals surface area contributed by atoms with Crippen LogP contribution in [0.15, 0.2) is 72.9 Å². The monoisotopic (exact) mass is 926 g/mol. The van der Waals surface area contributed by atoms with Gasteiger partial charge in [0.1, 0.15) is 23.5 Å². The number of piperazine rings is 1. The van der Waals surface area contributed by atoms with Crippen molar-refractivity contribution in [2.45, 2.75) is 96.6 Å². The van der Waals surface area contributed by atoms with Crippen LogP contribution in [-0.4, -0.2) is 154 Å². The maximum absolute atomic E-state index is 14.1. The third-order valence-electron chi connectivity index (χ3n) is 14.1. The number of nitrogens with one attached hydrogen (secondary N) is 3. The van der Waals surface area contributed by atoms with E-state index in [4.69, 9.17) is 6.42 Å². The molecule has 16 heteroatoms. The summed E-state index contributed by atoms with van der Waals surface area (Å²) in [7, 11) is 0. The third kappa shape index (κ3) is 11.2. The average Bonchev–Trinajstić information content (AvgIpc) is 3.76. The van der Waals surface area contributed by atoms with Crippen molar-refractivity contribution in [2.24, 2.45) is 5.41 Å². The Morgan fingerprint density at radius 2 is 1.53 bits per heavy atom. The second kappa shape index (κ2) is 21.3. The number of pyridine rings is 1. The van der Waals surface area contributed by atoms with Gasteiger partial charge in [-0.25, -0.2) is 4.98 Å². The Kier molecular flexibility index (Phi) is 15.1. The Labute approximate surface area is 400 Å². The van der Waals surface area contributed by atoms with E-state index < -0.39 is 35.4 Å². The number of hydrogen-bond donors (Lipinski definition) is 5. The molecule has 3 atom stereocenters. The van der Waals surface area contributed by atoms with E-state index in [2.05, 4.69) is 63.6 Å². The minimum absolute atomic E-state index is 0.00778. The molecule has 2 aromatic heterocycles. The van der Waals surface area contributed by atoms with Crippen LogP contribution in [0.1, 0.15) is 81.4 Å². The predicted octanol–water partition coefficient (Wildman–Crippen LogP) is 4.34. The molecule has 0 radical (unpaired) electrons. The molecule has 0 bridgehead atoms. The Morgan fingerprint density at radius 3 is 2.16 bits per heavy atom. The summed E-state index contributed by atoms with van der Waals surface area (Å²) in [6.45, 7) is 16.4. The van der Waals surface area contributed by atoms with E-state index in [-0.39, 0.29) is 36.9 Å². The Morgan fingerprint density at radius 1 is 0.853 bits per heavy atom. The van der Waals surface area contributed by atoms with Gasteiger partial charge in [0.15, 0.2) is 5.82 Å². The number of aromatic hydroxyl groups is 1. The molecule has 0 spiro atoms. The molecule has 6 heterocycles. The molecule has 4 aliphatic heterocycles. The van der Waals surface area contributed by atoms with Gasteiger partial charge in [-0.3, -0.25) is 19.3 Å². The zero-order chi connectivity index (χ0) is 48.0. The molecule has 68 heavy (non-hydrogen) atoms. The molecule has 4 aliphatic rings. The maximum atomic E-state index is 14.1. The summed E-state index contributed by atoms with van der Waals surface area (Å²) in [5, 5.41) is 39.2. The summed E-state index contributed by atoms with van der Waals surface area (Å²) >= 11 is 0. The van der Waals surface area contributed by atoms with E-state index in [1.165, 1.54) is 4.90 Å². The summed E-state index contributed by atoms with van der Waals surface area (Å²) in [6.07, 6.45) is 10.9. The predicted molar refractivity (Wildman–Crippen MR) is 264 cm³/mol. The number of terminal acetylenes is 1. The zero-order valence-electron chi connectivity index (χ0n) is 39.9. The van der Waals surface area contributed by atoms with Crippen LogP contribution < -0.4 is 25.8 Å². The third-order valence-corrected chi connectivity index (χ3v) is 14.1. The van der Waals surface area contributed by atoms with Crippen LogP contribution in [0.5, 0.6) is 5.75 Å². The number of anilines is 3. The van der Waals surface area contributed by atoms with Crippen molar-refractivity contribution in [2.75, 3.05) is 80.6 Å². The molecular formula is C52H67N11O5. The lowest BCUT2D eigenvalue weighted by Crippen LogP contribution is -2.57. The molecule has 360 valence electrons. The van der Waals surface area contributed by atoms with Crippen molar-refractivity contribution in [1.29, 1.82) is 0 Å². The van der Waals surface area contributed by atoms with E-state index in [1.807, 2.05) is 63.2 Å². The van der Waals surface area contributed by atoms with Gasteiger partial charge in [-0.15, -0.1) is 16.6 Å². The minimum Gasteiger partial charge on any atom is -0.507 e. The van der Waals surface area contributed by atoms with Crippen LogP contribution >= 0.6 is 0 Å². The number of carbonyl (C=O) groups excluding carboxylic acids is 3. The zero-order valence-corrected chi connectivity index (χ0v) is 39.9. The molecular weight excluding hydrogens is 859 g/mol. The fourth-order valence-corrected chi connectivity index (χ4v) is 10.2. The summed E-state index contributed by atoms with van der Waals surface area (Å²) in [4.78, 5) is 57.2. The van der Waals surface area contributed by atoms with Crippen LogP contribution in [0.2, 0.25) is 0 Å². The number of nitrogens with zero attached hydrogens (tertiary/aromatic N) is 8.